The van der Waals surface area contributed by atoms with Crippen LogP contribution in [0.5, 0.6) is 0 Å². The molecule has 0 saturated carbocycles. The average molecular weight is 264 g/mol. The van der Waals surface area contributed by atoms with Crippen LogP contribution in [0.2, 0.25) is 0 Å². The van der Waals surface area contributed by atoms with E-state index < -0.39 is 0 Å². The lowest BCUT2D eigenvalue weighted by Gasteiger charge is -2.11. The summed E-state index contributed by atoms with van der Waals surface area (Å²) in [6, 6.07) is 6.71. The number of rotatable bonds is 4. The molecule has 1 unspecified atom stereocenters. The number of thiazole rings is 1. The SMILES string of the molecule is Cc1ccc(Sc2nccs2)c(CC(C)N)c1. The Morgan fingerprint density at radius 3 is 2.94 bits per heavy atom. The summed E-state index contributed by atoms with van der Waals surface area (Å²) in [5.41, 5.74) is 8.50. The topological polar surface area (TPSA) is 38.9 Å². The molecule has 90 valence electrons. The quantitative estimate of drug-likeness (QED) is 0.918. The molecule has 0 aliphatic rings. The zero-order chi connectivity index (χ0) is 12.3. The van der Waals surface area contributed by atoms with Gasteiger partial charge in [0.1, 0.15) is 0 Å². The molecule has 2 N–H and O–H groups in total. The van der Waals surface area contributed by atoms with Gasteiger partial charge in [-0.15, -0.1) is 11.3 Å². The molecule has 0 aliphatic heterocycles. The maximum atomic E-state index is 5.89. The van der Waals surface area contributed by atoms with E-state index in [1.165, 1.54) is 16.0 Å². The molecule has 0 bridgehead atoms. The summed E-state index contributed by atoms with van der Waals surface area (Å²) in [6.07, 6.45) is 2.75. The molecular formula is C13H16N2S2. The fourth-order valence-corrected chi connectivity index (χ4v) is 3.37. The molecule has 17 heavy (non-hydrogen) atoms. The highest BCUT2D eigenvalue weighted by molar-refractivity contribution is 8.01. The molecule has 2 nitrogen and oxygen atoms in total. The molecule has 0 aliphatic carbocycles. The van der Waals surface area contributed by atoms with Crippen molar-refractivity contribution < 1.29 is 0 Å². The van der Waals surface area contributed by atoms with Gasteiger partial charge in [0.15, 0.2) is 4.34 Å². The van der Waals surface area contributed by atoms with Crippen LogP contribution in [0.4, 0.5) is 0 Å². The number of hydrogen-bond donors (Lipinski definition) is 1. The Kier molecular flexibility index (Phi) is 4.20. The van der Waals surface area contributed by atoms with Gasteiger partial charge in [0.2, 0.25) is 0 Å². The van der Waals surface area contributed by atoms with Crippen LogP contribution in [0.3, 0.4) is 0 Å². The first-order valence-corrected chi connectivity index (χ1v) is 7.27. The second-order valence-electron chi connectivity index (χ2n) is 4.19. The number of benzene rings is 1. The summed E-state index contributed by atoms with van der Waals surface area (Å²) in [4.78, 5) is 5.57. The van der Waals surface area contributed by atoms with E-state index in [-0.39, 0.29) is 6.04 Å². The van der Waals surface area contributed by atoms with Crippen LogP contribution in [0.1, 0.15) is 18.1 Å². The Morgan fingerprint density at radius 2 is 2.29 bits per heavy atom. The lowest BCUT2D eigenvalue weighted by Crippen LogP contribution is -2.18. The van der Waals surface area contributed by atoms with Crippen LogP contribution >= 0.6 is 23.1 Å². The predicted molar refractivity (Wildman–Crippen MR) is 74.8 cm³/mol. The minimum absolute atomic E-state index is 0.187. The van der Waals surface area contributed by atoms with Gasteiger partial charge < -0.3 is 5.73 Å². The van der Waals surface area contributed by atoms with Crippen LogP contribution in [-0.2, 0) is 6.42 Å². The third kappa shape index (κ3) is 3.56. The van der Waals surface area contributed by atoms with Gasteiger partial charge in [0, 0.05) is 22.5 Å². The number of aryl methyl sites for hydroxylation is 1. The Labute approximate surface area is 110 Å². The maximum absolute atomic E-state index is 5.89. The second-order valence-corrected chi connectivity index (χ2v) is 6.38. The zero-order valence-corrected chi connectivity index (χ0v) is 11.6. The summed E-state index contributed by atoms with van der Waals surface area (Å²) in [7, 11) is 0. The molecule has 0 radical (unpaired) electrons. The van der Waals surface area contributed by atoms with Crippen molar-refractivity contribution in [3.63, 3.8) is 0 Å². The molecule has 1 aromatic carbocycles. The first-order valence-electron chi connectivity index (χ1n) is 5.57. The van der Waals surface area contributed by atoms with Crippen molar-refractivity contribution >= 4 is 23.1 Å². The van der Waals surface area contributed by atoms with Gasteiger partial charge in [0.25, 0.3) is 0 Å². The Hall–Kier alpha value is -0.840. The zero-order valence-electron chi connectivity index (χ0n) is 10.0. The van der Waals surface area contributed by atoms with Gasteiger partial charge >= 0.3 is 0 Å². The highest BCUT2D eigenvalue weighted by Crippen LogP contribution is 2.32. The standard InChI is InChI=1S/C13H16N2S2/c1-9-3-4-12(11(7-9)8-10(2)14)17-13-15-5-6-16-13/h3-7,10H,8,14H2,1-2H3. The second kappa shape index (κ2) is 5.67. The first-order chi connectivity index (χ1) is 8.15. The van der Waals surface area contributed by atoms with Crippen LogP contribution < -0.4 is 5.73 Å². The van der Waals surface area contributed by atoms with Gasteiger partial charge in [-0.05, 0) is 31.9 Å². The molecule has 0 saturated heterocycles. The molecule has 1 heterocycles. The van der Waals surface area contributed by atoms with Crippen molar-refractivity contribution in [3.8, 4) is 0 Å². The molecule has 2 rings (SSSR count). The van der Waals surface area contributed by atoms with Crippen LogP contribution in [0, 0.1) is 6.92 Å². The van der Waals surface area contributed by atoms with Crippen molar-refractivity contribution in [2.75, 3.05) is 0 Å². The highest BCUT2D eigenvalue weighted by Gasteiger charge is 2.08. The lowest BCUT2D eigenvalue weighted by atomic mass is 10.1. The van der Waals surface area contributed by atoms with E-state index in [0.717, 1.165) is 10.8 Å². The van der Waals surface area contributed by atoms with E-state index in [9.17, 15) is 0 Å². The fraction of sp³-hybridized carbons (Fsp3) is 0.308. The average Bonchev–Trinajstić information content (AvgIpc) is 2.74. The Morgan fingerprint density at radius 1 is 1.47 bits per heavy atom. The number of hydrogen-bond acceptors (Lipinski definition) is 4. The van der Waals surface area contributed by atoms with Gasteiger partial charge in [-0.2, -0.15) is 0 Å². The van der Waals surface area contributed by atoms with Crippen molar-refractivity contribution in [2.24, 2.45) is 5.73 Å². The van der Waals surface area contributed by atoms with Gasteiger partial charge in [-0.3, -0.25) is 0 Å². The summed E-state index contributed by atoms with van der Waals surface area (Å²) in [5.74, 6) is 0. The summed E-state index contributed by atoms with van der Waals surface area (Å²) in [6.45, 7) is 4.16. The summed E-state index contributed by atoms with van der Waals surface area (Å²) in [5, 5.41) is 2.00. The molecule has 1 aromatic heterocycles. The summed E-state index contributed by atoms with van der Waals surface area (Å²) < 4.78 is 1.08. The van der Waals surface area contributed by atoms with Gasteiger partial charge in [0.05, 0.1) is 0 Å². The monoisotopic (exact) mass is 264 g/mol. The Bertz CT molecular complexity index is 478. The largest absolute Gasteiger partial charge is 0.328 e. The minimum atomic E-state index is 0.187. The van der Waals surface area contributed by atoms with Crippen molar-refractivity contribution in [3.05, 3.63) is 40.9 Å². The van der Waals surface area contributed by atoms with Crippen molar-refractivity contribution in [1.29, 1.82) is 0 Å². The van der Waals surface area contributed by atoms with Crippen LogP contribution in [-0.4, -0.2) is 11.0 Å². The predicted octanol–water partition coefficient (Wildman–Crippen LogP) is 3.49. The van der Waals surface area contributed by atoms with E-state index in [2.05, 4.69) is 30.1 Å². The molecule has 0 spiro atoms. The van der Waals surface area contributed by atoms with E-state index in [1.54, 1.807) is 23.1 Å². The third-order valence-electron chi connectivity index (χ3n) is 2.36. The molecule has 4 heteroatoms. The van der Waals surface area contributed by atoms with E-state index in [0.29, 0.717) is 0 Å². The van der Waals surface area contributed by atoms with Gasteiger partial charge in [-0.1, -0.05) is 29.5 Å². The van der Waals surface area contributed by atoms with E-state index in [1.807, 2.05) is 18.5 Å². The van der Waals surface area contributed by atoms with E-state index >= 15 is 0 Å². The third-order valence-corrected chi connectivity index (χ3v) is 4.37. The van der Waals surface area contributed by atoms with Crippen molar-refractivity contribution in [1.82, 2.24) is 4.98 Å². The molecule has 1 atom stereocenters. The number of aromatic nitrogens is 1. The maximum Gasteiger partial charge on any atom is 0.154 e. The first kappa shape index (κ1) is 12.6. The van der Waals surface area contributed by atoms with Crippen LogP contribution in [0.15, 0.2) is 39.0 Å². The molecule has 2 aromatic rings. The lowest BCUT2D eigenvalue weighted by molar-refractivity contribution is 0.729. The normalized spacial score (nSPS) is 12.6. The smallest absolute Gasteiger partial charge is 0.154 e. The summed E-state index contributed by atoms with van der Waals surface area (Å²) >= 11 is 3.39. The Balaban J connectivity index is 2.25. The van der Waals surface area contributed by atoms with Crippen molar-refractivity contribution in [2.45, 2.75) is 35.5 Å². The van der Waals surface area contributed by atoms with Crippen LogP contribution in [0.25, 0.3) is 0 Å². The van der Waals surface area contributed by atoms with E-state index in [4.69, 9.17) is 5.73 Å². The number of nitrogens with zero attached hydrogens (tertiary/aromatic N) is 1. The minimum Gasteiger partial charge on any atom is -0.328 e. The fourth-order valence-electron chi connectivity index (χ4n) is 1.67. The molecular weight excluding hydrogens is 248 g/mol. The molecule has 0 fully saturated rings. The van der Waals surface area contributed by atoms with Gasteiger partial charge in [-0.25, -0.2) is 4.98 Å². The highest BCUT2D eigenvalue weighted by atomic mass is 32.2. The molecule has 0 amide bonds. The number of nitrogens with two attached hydrogens (primary N) is 1.